The van der Waals surface area contributed by atoms with E-state index in [9.17, 15) is 9.90 Å². The van der Waals surface area contributed by atoms with E-state index in [4.69, 9.17) is 0 Å². The van der Waals surface area contributed by atoms with E-state index >= 15 is 0 Å². The predicted molar refractivity (Wildman–Crippen MR) is 74.6 cm³/mol. The van der Waals surface area contributed by atoms with Crippen molar-refractivity contribution in [3.63, 3.8) is 0 Å². The zero-order chi connectivity index (χ0) is 13.3. The van der Waals surface area contributed by atoms with E-state index < -0.39 is 11.5 Å². The van der Waals surface area contributed by atoms with Crippen LogP contribution in [0, 0.1) is 6.92 Å². The van der Waals surface area contributed by atoms with Gasteiger partial charge in [0.05, 0.1) is 0 Å². The van der Waals surface area contributed by atoms with Crippen LogP contribution in [0.15, 0.2) is 22.7 Å². The number of hydrogen-bond donors (Lipinski definition) is 1. The molecular weight excluding hydrogens is 294 g/mol. The Balaban J connectivity index is 2.18. The Labute approximate surface area is 116 Å². The first kappa shape index (κ1) is 13.6. The van der Waals surface area contributed by atoms with Crippen molar-refractivity contribution < 1.29 is 9.90 Å². The number of hydrogen-bond acceptors (Lipinski definition) is 2. The van der Waals surface area contributed by atoms with E-state index in [1.807, 2.05) is 19.9 Å². The summed E-state index contributed by atoms with van der Waals surface area (Å²) < 4.78 is 1.09. The maximum absolute atomic E-state index is 11.4. The highest BCUT2D eigenvalue weighted by atomic mass is 79.9. The van der Waals surface area contributed by atoms with Gasteiger partial charge in [0.15, 0.2) is 0 Å². The van der Waals surface area contributed by atoms with Crippen LogP contribution >= 0.6 is 15.9 Å². The highest BCUT2D eigenvalue weighted by Gasteiger charge is 2.43. The number of benzene rings is 1. The minimum absolute atomic E-state index is 0.705. The third-order valence-corrected chi connectivity index (χ3v) is 4.74. The summed E-state index contributed by atoms with van der Waals surface area (Å²) in [5.41, 5.74) is 1.65. The fourth-order valence-corrected chi connectivity index (χ4v) is 2.79. The zero-order valence-corrected chi connectivity index (χ0v) is 12.3. The second-order valence-electron chi connectivity index (χ2n) is 5.19. The molecule has 18 heavy (non-hydrogen) atoms. The van der Waals surface area contributed by atoms with Crippen LogP contribution in [0.5, 0.6) is 0 Å². The summed E-state index contributed by atoms with van der Waals surface area (Å²) in [5.74, 6) is -0.714. The van der Waals surface area contributed by atoms with Gasteiger partial charge in [-0.1, -0.05) is 28.1 Å². The van der Waals surface area contributed by atoms with Crippen LogP contribution in [-0.4, -0.2) is 28.1 Å². The van der Waals surface area contributed by atoms with Gasteiger partial charge in [0.25, 0.3) is 0 Å². The third-order valence-electron chi connectivity index (χ3n) is 3.85. The molecule has 1 heterocycles. The Morgan fingerprint density at radius 3 is 2.89 bits per heavy atom. The standard InChI is InChI=1S/C14H18BrNO2/c1-10-8-11(4-5-12(10)15)9-16-7-3-6-14(16,2)13(17)18/h4-5,8H,3,6-7,9H2,1-2H3,(H,17,18). The average Bonchev–Trinajstić information content (AvgIpc) is 2.67. The van der Waals surface area contributed by atoms with E-state index in [1.165, 1.54) is 11.1 Å². The average molecular weight is 312 g/mol. The van der Waals surface area contributed by atoms with Crippen LogP contribution in [0.1, 0.15) is 30.9 Å². The highest BCUT2D eigenvalue weighted by Crippen LogP contribution is 2.31. The molecule has 0 amide bonds. The van der Waals surface area contributed by atoms with Crippen LogP contribution in [0.2, 0.25) is 0 Å². The van der Waals surface area contributed by atoms with Gasteiger partial charge >= 0.3 is 5.97 Å². The Hall–Kier alpha value is -0.870. The molecule has 1 aromatic rings. The maximum Gasteiger partial charge on any atom is 0.323 e. The first-order chi connectivity index (χ1) is 8.43. The fourth-order valence-electron chi connectivity index (χ4n) is 2.54. The molecule has 0 bridgehead atoms. The molecule has 2 rings (SSSR count). The quantitative estimate of drug-likeness (QED) is 0.932. The van der Waals surface area contributed by atoms with Gasteiger partial charge in [-0.15, -0.1) is 0 Å². The number of halogens is 1. The van der Waals surface area contributed by atoms with Crippen molar-refractivity contribution in [1.82, 2.24) is 4.90 Å². The van der Waals surface area contributed by atoms with Crippen LogP contribution in [0.25, 0.3) is 0 Å². The molecule has 0 spiro atoms. The van der Waals surface area contributed by atoms with Gasteiger partial charge in [0, 0.05) is 11.0 Å². The van der Waals surface area contributed by atoms with Gasteiger partial charge in [0.1, 0.15) is 5.54 Å². The number of carboxylic acid groups (broad SMARTS) is 1. The molecule has 4 heteroatoms. The van der Waals surface area contributed by atoms with E-state index in [0.717, 1.165) is 23.9 Å². The van der Waals surface area contributed by atoms with Crippen LogP contribution in [0.3, 0.4) is 0 Å². The van der Waals surface area contributed by atoms with E-state index in [2.05, 4.69) is 33.0 Å². The Morgan fingerprint density at radius 2 is 2.28 bits per heavy atom. The lowest BCUT2D eigenvalue weighted by atomic mass is 9.98. The van der Waals surface area contributed by atoms with Gasteiger partial charge in [-0.05, 0) is 50.4 Å². The van der Waals surface area contributed by atoms with Crippen molar-refractivity contribution in [1.29, 1.82) is 0 Å². The molecule has 1 fully saturated rings. The van der Waals surface area contributed by atoms with E-state index in [0.29, 0.717) is 6.54 Å². The monoisotopic (exact) mass is 311 g/mol. The summed E-state index contributed by atoms with van der Waals surface area (Å²) in [4.78, 5) is 13.5. The molecule has 1 aromatic carbocycles. The molecule has 1 saturated heterocycles. The molecule has 1 aliphatic heterocycles. The van der Waals surface area contributed by atoms with E-state index in [1.54, 1.807) is 0 Å². The van der Waals surface area contributed by atoms with Crippen molar-refractivity contribution in [2.75, 3.05) is 6.54 Å². The van der Waals surface area contributed by atoms with Crippen molar-refractivity contribution in [2.45, 2.75) is 38.8 Å². The normalized spacial score (nSPS) is 24.4. The summed E-state index contributed by atoms with van der Waals surface area (Å²) >= 11 is 3.48. The Kier molecular flexibility index (Phi) is 3.78. The first-order valence-corrected chi connectivity index (χ1v) is 6.96. The summed E-state index contributed by atoms with van der Waals surface area (Å²) in [5, 5.41) is 9.37. The molecule has 1 atom stereocenters. The van der Waals surface area contributed by atoms with Crippen molar-refractivity contribution in [2.24, 2.45) is 0 Å². The third kappa shape index (κ3) is 2.45. The molecule has 1 N–H and O–H groups in total. The number of carboxylic acids is 1. The summed E-state index contributed by atoms with van der Waals surface area (Å²) in [6.45, 7) is 5.44. The summed E-state index contributed by atoms with van der Waals surface area (Å²) in [7, 11) is 0. The lowest BCUT2D eigenvalue weighted by molar-refractivity contribution is -0.148. The zero-order valence-electron chi connectivity index (χ0n) is 10.7. The topological polar surface area (TPSA) is 40.5 Å². The maximum atomic E-state index is 11.4. The number of aryl methyl sites for hydroxylation is 1. The molecular formula is C14H18BrNO2. The molecule has 0 aromatic heterocycles. The van der Waals surface area contributed by atoms with E-state index in [-0.39, 0.29) is 0 Å². The number of likely N-dealkylation sites (tertiary alicyclic amines) is 1. The number of carbonyl (C=O) groups is 1. The Morgan fingerprint density at radius 1 is 1.56 bits per heavy atom. The lowest BCUT2D eigenvalue weighted by Crippen LogP contribution is -2.47. The number of rotatable bonds is 3. The van der Waals surface area contributed by atoms with Crippen LogP contribution in [0.4, 0.5) is 0 Å². The molecule has 1 aliphatic rings. The van der Waals surface area contributed by atoms with Crippen LogP contribution < -0.4 is 0 Å². The van der Waals surface area contributed by atoms with Crippen molar-refractivity contribution >= 4 is 21.9 Å². The fraction of sp³-hybridized carbons (Fsp3) is 0.500. The minimum atomic E-state index is -0.714. The van der Waals surface area contributed by atoms with Crippen molar-refractivity contribution in [3.05, 3.63) is 33.8 Å². The smallest absolute Gasteiger partial charge is 0.323 e. The van der Waals surface area contributed by atoms with Gasteiger partial charge in [0.2, 0.25) is 0 Å². The van der Waals surface area contributed by atoms with Crippen molar-refractivity contribution in [3.8, 4) is 0 Å². The molecule has 0 aliphatic carbocycles. The van der Waals surface area contributed by atoms with Gasteiger partial charge in [-0.25, -0.2) is 0 Å². The second kappa shape index (κ2) is 5.02. The minimum Gasteiger partial charge on any atom is -0.480 e. The lowest BCUT2D eigenvalue weighted by Gasteiger charge is -2.31. The highest BCUT2D eigenvalue weighted by molar-refractivity contribution is 9.10. The number of nitrogens with zero attached hydrogens (tertiary/aromatic N) is 1. The van der Waals surface area contributed by atoms with Gasteiger partial charge in [-0.3, -0.25) is 9.69 Å². The summed E-state index contributed by atoms with van der Waals surface area (Å²) in [6.07, 6.45) is 1.69. The molecule has 98 valence electrons. The van der Waals surface area contributed by atoms with Gasteiger partial charge in [-0.2, -0.15) is 0 Å². The summed E-state index contributed by atoms with van der Waals surface area (Å²) in [6, 6.07) is 6.20. The van der Waals surface area contributed by atoms with Gasteiger partial charge < -0.3 is 5.11 Å². The molecule has 3 nitrogen and oxygen atoms in total. The molecule has 0 radical (unpaired) electrons. The largest absolute Gasteiger partial charge is 0.480 e. The van der Waals surface area contributed by atoms with Crippen LogP contribution in [-0.2, 0) is 11.3 Å². The SMILES string of the molecule is Cc1cc(CN2CCCC2(C)C(=O)O)ccc1Br. The molecule has 0 saturated carbocycles. The second-order valence-corrected chi connectivity index (χ2v) is 6.04. The first-order valence-electron chi connectivity index (χ1n) is 6.17. The predicted octanol–water partition coefficient (Wildman–Crippen LogP) is 3.20. The Bertz CT molecular complexity index is 475. The number of aliphatic carboxylic acids is 1. The molecule has 1 unspecified atom stereocenters.